The predicted octanol–water partition coefficient (Wildman–Crippen LogP) is 3.86. The lowest BCUT2D eigenvalue weighted by Gasteiger charge is -2.16. The van der Waals surface area contributed by atoms with Crippen LogP contribution >= 0.6 is 22.9 Å². The van der Waals surface area contributed by atoms with Gasteiger partial charge in [-0.1, -0.05) is 11.6 Å². The molecule has 2 rings (SSSR count). The molecule has 128 valence electrons. The van der Waals surface area contributed by atoms with Gasteiger partial charge < -0.3 is 19.9 Å². The lowest BCUT2D eigenvalue weighted by molar-refractivity contribution is -0.117. The van der Waals surface area contributed by atoms with Crippen molar-refractivity contribution < 1.29 is 24.2 Å². The van der Waals surface area contributed by atoms with Crippen molar-refractivity contribution in [1.29, 1.82) is 0 Å². The molecule has 0 saturated heterocycles. The molecule has 0 radical (unpaired) electrons. The molecule has 24 heavy (non-hydrogen) atoms. The first kappa shape index (κ1) is 18.1. The van der Waals surface area contributed by atoms with E-state index in [4.69, 9.17) is 21.1 Å². The number of nitrogens with one attached hydrogen (secondary N) is 1. The molecule has 1 amide bonds. The van der Waals surface area contributed by atoms with Crippen LogP contribution in [0, 0.1) is 0 Å². The highest BCUT2D eigenvalue weighted by molar-refractivity contribution is 7.16. The fraction of sp³-hybridized carbons (Fsp3) is 0.250. The van der Waals surface area contributed by atoms with Crippen LogP contribution in [0.15, 0.2) is 24.3 Å². The van der Waals surface area contributed by atoms with E-state index < -0.39 is 11.9 Å². The van der Waals surface area contributed by atoms with E-state index in [-0.39, 0.29) is 28.7 Å². The van der Waals surface area contributed by atoms with Gasteiger partial charge >= 0.3 is 5.97 Å². The molecule has 1 atom stereocenters. The predicted molar refractivity (Wildman–Crippen MR) is 92.9 cm³/mol. The largest absolute Gasteiger partial charge is 0.493 e. The van der Waals surface area contributed by atoms with Gasteiger partial charge in [0, 0.05) is 4.88 Å². The Labute approximate surface area is 148 Å². The summed E-state index contributed by atoms with van der Waals surface area (Å²) < 4.78 is 11.0. The maximum Gasteiger partial charge on any atom is 0.335 e. The summed E-state index contributed by atoms with van der Waals surface area (Å²) in [6.45, 7) is 1.74. The minimum atomic E-state index is -1.13. The number of ether oxygens (including phenoxy) is 2. The second kappa shape index (κ2) is 7.55. The highest BCUT2D eigenvalue weighted by atomic mass is 35.5. The number of aromatic carboxylic acids is 1. The fourth-order valence-electron chi connectivity index (χ4n) is 2.11. The van der Waals surface area contributed by atoms with E-state index in [1.807, 2.05) is 0 Å². The number of anilines is 1. The van der Waals surface area contributed by atoms with Crippen LogP contribution in [0.1, 0.15) is 28.1 Å². The number of carbonyl (C=O) groups excluding carboxylic acids is 1. The average molecular weight is 370 g/mol. The number of benzene rings is 1. The second-order valence-electron chi connectivity index (χ2n) is 4.92. The molecule has 1 heterocycles. The number of carbonyl (C=O) groups is 2. The molecule has 1 aromatic heterocycles. The zero-order chi connectivity index (χ0) is 17.9. The summed E-state index contributed by atoms with van der Waals surface area (Å²) in [5, 5.41) is 11.9. The second-order valence-corrected chi connectivity index (χ2v) is 6.66. The Morgan fingerprint density at radius 2 is 1.96 bits per heavy atom. The smallest absolute Gasteiger partial charge is 0.335 e. The summed E-state index contributed by atoms with van der Waals surface area (Å²) in [5.74, 6) is -1.42. The molecule has 1 aromatic carbocycles. The minimum Gasteiger partial charge on any atom is -0.493 e. The Kier molecular flexibility index (Phi) is 5.69. The van der Waals surface area contributed by atoms with Crippen LogP contribution in [0.4, 0.5) is 5.69 Å². The van der Waals surface area contributed by atoms with Crippen molar-refractivity contribution in [2.75, 3.05) is 19.5 Å². The molecule has 0 bridgehead atoms. The van der Waals surface area contributed by atoms with Gasteiger partial charge in [-0.2, -0.15) is 0 Å². The van der Waals surface area contributed by atoms with Crippen molar-refractivity contribution in [3.05, 3.63) is 39.0 Å². The van der Waals surface area contributed by atoms with Crippen LogP contribution in [0.2, 0.25) is 4.34 Å². The summed E-state index contributed by atoms with van der Waals surface area (Å²) in [4.78, 5) is 24.5. The number of amides is 1. The third-order valence-electron chi connectivity index (χ3n) is 3.40. The molecule has 0 fully saturated rings. The van der Waals surface area contributed by atoms with Crippen molar-refractivity contribution in [3.8, 4) is 11.5 Å². The summed E-state index contributed by atoms with van der Waals surface area (Å²) in [6, 6.07) is 6.16. The molecular formula is C16H16ClNO5S. The molecule has 2 N–H and O–H groups in total. The summed E-state index contributed by atoms with van der Waals surface area (Å²) in [6.07, 6.45) is 0. The van der Waals surface area contributed by atoms with Gasteiger partial charge in [-0.05, 0) is 31.2 Å². The maximum absolute atomic E-state index is 12.5. The van der Waals surface area contributed by atoms with E-state index in [0.29, 0.717) is 4.34 Å². The Morgan fingerprint density at radius 1 is 1.25 bits per heavy atom. The van der Waals surface area contributed by atoms with Gasteiger partial charge in [0.15, 0.2) is 11.5 Å². The lowest BCUT2D eigenvalue weighted by Crippen LogP contribution is -2.19. The van der Waals surface area contributed by atoms with Gasteiger partial charge in [-0.3, -0.25) is 4.79 Å². The normalized spacial score (nSPS) is 11.7. The zero-order valence-corrected chi connectivity index (χ0v) is 14.8. The minimum absolute atomic E-state index is 0.0187. The Morgan fingerprint density at radius 3 is 2.46 bits per heavy atom. The molecule has 0 aliphatic carbocycles. The van der Waals surface area contributed by atoms with E-state index in [1.54, 1.807) is 19.1 Å². The van der Waals surface area contributed by atoms with Crippen molar-refractivity contribution >= 4 is 40.5 Å². The van der Waals surface area contributed by atoms with Crippen molar-refractivity contribution in [2.45, 2.75) is 12.8 Å². The van der Waals surface area contributed by atoms with Gasteiger partial charge in [0.1, 0.15) is 0 Å². The molecule has 0 aliphatic rings. The summed E-state index contributed by atoms with van der Waals surface area (Å²) in [7, 11) is 2.81. The quantitative estimate of drug-likeness (QED) is 0.807. The number of methoxy groups -OCH3 is 2. The van der Waals surface area contributed by atoms with Gasteiger partial charge in [0.2, 0.25) is 5.91 Å². The summed E-state index contributed by atoms with van der Waals surface area (Å²) >= 11 is 7.21. The molecule has 6 nitrogen and oxygen atoms in total. The Bertz CT molecular complexity index is 774. The van der Waals surface area contributed by atoms with Gasteiger partial charge in [0.05, 0.1) is 35.7 Å². The van der Waals surface area contributed by atoms with Gasteiger partial charge in [0.25, 0.3) is 0 Å². The Balaban J connectivity index is 2.35. The van der Waals surface area contributed by atoms with E-state index in [1.165, 1.54) is 37.7 Å². The molecule has 2 aromatic rings. The number of hydrogen-bond acceptors (Lipinski definition) is 5. The van der Waals surface area contributed by atoms with Crippen molar-refractivity contribution in [3.63, 3.8) is 0 Å². The van der Waals surface area contributed by atoms with Crippen LogP contribution < -0.4 is 14.8 Å². The molecular weight excluding hydrogens is 354 g/mol. The molecule has 0 spiro atoms. The van der Waals surface area contributed by atoms with E-state index >= 15 is 0 Å². The first-order valence-electron chi connectivity index (χ1n) is 6.92. The molecule has 8 heteroatoms. The van der Waals surface area contributed by atoms with Gasteiger partial charge in [-0.15, -0.1) is 11.3 Å². The number of carboxylic acid groups (broad SMARTS) is 1. The van der Waals surface area contributed by atoms with E-state index in [9.17, 15) is 14.7 Å². The third kappa shape index (κ3) is 3.80. The van der Waals surface area contributed by atoms with Crippen LogP contribution in [0.5, 0.6) is 11.5 Å². The number of thiophene rings is 1. The number of carboxylic acids is 1. The molecule has 1 unspecified atom stereocenters. The maximum atomic E-state index is 12.5. The number of halogens is 1. The first-order chi connectivity index (χ1) is 11.4. The SMILES string of the molecule is COc1cc(C(=O)O)cc(NC(=O)C(C)c2ccc(Cl)s2)c1OC. The first-order valence-corrected chi connectivity index (χ1v) is 8.12. The van der Waals surface area contributed by atoms with Crippen molar-refractivity contribution in [1.82, 2.24) is 0 Å². The van der Waals surface area contributed by atoms with Crippen LogP contribution in [0.3, 0.4) is 0 Å². The van der Waals surface area contributed by atoms with E-state index in [2.05, 4.69) is 5.32 Å². The van der Waals surface area contributed by atoms with Gasteiger partial charge in [-0.25, -0.2) is 4.79 Å². The number of rotatable bonds is 6. The van der Waals surface area contributed by atoms with Crippen LogP contribution in [-0.4, -0.2) is 31.2 Å². The van der Waals surface area contributed by atoms with Crippen molar-refractivity contribution in [2.24, 2.45) is 0 Å². The molecule has 0 saturated carbocycles. The number of hydrogen-bond donors (Lipinski definition) is 2. The fourth-order valence-corrected chi connectivity index (χ4v) is 3.22. The average Bonchev–Trinajstić information content (AvgIpc) is 2.99. The highest BCUT2D eigenvalue weighted by Gasteiger charge is 2.22. The van der Waals surface area contributed by atoms with E-state index in [0.717, 1.165) is 4.88 Å². The summed E-state index contributed by atoms with van der Waals surface area (Å²) in [5.41, 5.74) is 0.212. The molecule has 0 aliphatic heterocycles. The Hall–Kier alpha value is -2.25. The highest BCUT2D eigenvalue weighted by Crippen LogP contribution is 2.37. The third-order valence-corrected chi connectivity index (χ3v) is 4.81. The zero-order valence-electron chi connectivity index (χ0n) is 13.3. The van der Waals surface area contributed by atoms with Crippen LogP contribution in [0.25, 0.3) is 0 Å². The standard InChI is InChI=1S/C16H16ClNO5S/c1-8(12-4-5-13(17)24-12)15(19)18-10-6-9(16(20)21)7-11(22-2)14(10)23-3/h4-8H,1-3H3,(H,18,19)(H,20,21). The monoisotopic (exact) mass is 369 g/mol. The van der Waals surface area contributed by atoms with Crippen LogP contribution in [-0.2, 0) is 4.79 Å². The topological polar surface area (TPSA) is 84.9 Å². The lowest BCUT2D eigenvalue weighted by atomic mass is 10.1.